The molecule has 0 aliphatic carbocycles. The maximum absolute atomic E-state index is 11.9. The van der Waals surface area contributed by atoms with Crippen LogP contribution in [0.5, 0.6) is 0 Å². The van der Waals surface area contributed by atoms with Gasteiger partial charge in [0.15, 0.2) is 5.15 Å². The van der Waals surface area contributed by atoms with Crippen molar-refractivity contribution < 1.29 is 9.53 Å². The number of halogens is 1. The molecule has 1 aliphatic heterocycles. The number of carbonyl (C=O) groups excluding carboxylic acids is 1. The molecule has 25 heavy (non-hydrogen) atoms. The summed E-state index contributed by atoms with van der Waals surface area (Å²) in [4.78, 5) is 14.0. The van der Waals surface area contributed by atoms with Gasteiger partial charge in [0, 0.05) is 13.1 Å². The summed E-state index contributed by atoms with van der Waals surface area (Å²) in [6, 6.07) is 9.70. The smallest absolute Gasteiger partial charge is 0.254 e. The molecule has 1 aromatic carbocycles. The molecule has 2 heterocycles. The number of hydrogen-bond donors (Lipinski definition) is 1. The van der Waals surface area contributed by atoms with E-state index >= 15 is 0 Å². The first-order chi connectivity index (χ1) is 12.1. The molecule has 1 aromatic heterocycles. The molecule has 1 saturated heterocycles. The van der Waals surface area contributed by atoms with Gasteiger partial charge >= 0.3 is 0 Å². The van der Waals surface area contributed by atoms with Crippen LogP contribution in [0.3, 0.4) is 0 Å². The first-order valence-electron chi connectivity index (χ1n) is 8.07. The normalized spacial score (nSPS) is 15.6. The number of nitrogens with zero attached hydrogens (tertiary/aromatic N) is 4. The molecule has 0 bridgehead atoms. The lowest BCUT2D eigenvalue weighted by atomic mass is 10.2. The molecular weight excluding hydrogens is 342 g/mol. The van der Waals surface area contributed by atoms with Gasteiger partial charge in [-0.3, -0.25) is 9.69 Å². The maximum atomic E-state index is 11.9. The number of para-hydroxylation sites is 1. The highest BCUT2D eigenvalue weighted by Crippen LogP contribution is 2.20. The van der Waals surface area contributed by atoms with Gasteiger partial charge in [-0.15, -0.1) is 0 Å². The predicted octanol–water partition coefficient (Wildman–Crippen LogP) is 1.62. The van der Waals surface area contributed by atoms with Gasteiger partial charge in [-0.25, -0.2) is 10.1 Å². The van der Waals surface area contributed by atoms with Crippen molar-refractivity contribution in [1.29, 1.82) is 0 Å². The Kier molecular flexibility index (Phi) is 5.80. The summed E-state index contributed by atoms with van der Waals surface area (Å²) in [6.45, 7) is 5.03. The van der Waals surface area contributed by atoms with Crippen LogP contribution in [0.2, 0.25) is 5.15 Å². The van der Waals surface area contributed by atoms with Crippen LogP contribution in [-0.2, 0) is 9.53 Å². The zero-order valence-corrected chi connectivity index (χ0v) is 14.7. The zero-order valence-electron chi connectivity index (χ0n) is 14.0. The molecule has 0 unspecified atom stereocenters. The summed E-state index contributed by atoms with van der Waals surface area (Å²) in [7, 11) is 0. The van der Waals surface area contributed by atoms with E-state index in [4.69, 9.17) is 16.3 Å². The lowest BCUT2D eigenvalue weighted by molar-refractivity contribution is -0.123. The molecular formula is C17H20ClN5O2. The van der Waals surface area contributed by atoms with Crippen LogP contribution in [0, 0.1) is 6.92 Å². The molecule has 1 amide bonds. The van der Waals surface area contributed by atoms with Crippen molar-refractivity contribution in [3.8, 4) is 5.69 Å². The topological polar surface area (TPSA) is 71.8 Å². The van der Waals surface area contributed by atoms with Crippen molar-refractivity contribution in [2.45, 2.75) is 6.92 Å². The molecule has 2 aromatic rings. The van der Waals surface area contributed by atoms with E-state index in [0.717, 1.165) is 24.5 Å². The van der Waals surface area contributed by atoms with E-state index in [2.05, 4.69) is 15.6 Å². The minimum absolute atomic E-state index is 0.164. The molecule has 0 radical (unpaired) electrons. The highest BCUT2D eigenvalue weighted by molar-refractivity contribution is 6.32. The first-order valence-corrected chi connectivity index (χ1v) is 8.45. The van der Waals surface area contributed by atoms with Gasteiger partial charge < -0.3 is 4.74 Å². The summed E-state index contributed by atoms with van der Waals surface area (Å²) in [5, 5.41) is 8.68. The molecule has 0 saturated carbocycles. The van der Waals surface area contributed by atoms with Crippen LogP contribution in [0.1, 0.15) is 11.3 Å². The molecule has 1 N–H and O–H groups in total. The number of benzene rings is 1. The van der Waals surface area contributed by atoms with Crippen molar-refractivity contribution in [3.63, 3.8) is 0 Å². The van der Waals surface area contributed by atoms with Gasteiger partial charge in [-0.2, -0.15) is 10.2 Å². The minimum atomic E-state index is -0.164. The van der Waals surface area contributed by atoms with Crippen LogP contribution in [0.25, 0.3) is 5.69 Å². The summed E-state index contributed by atoms with van der Waals surface area (Å²) >= 11 is 6.21. The highest BCUT2D eigenvalue weighted by atomic mass is 35.5. The van der Waals surface area contributed by atoms with E-state index in [-0.39, 0.29) is 5.91 Å². The highest BCUT2D eigenvalue weighted by Gasteiger charge is 2.14. The average molecular weight is 362 g/mol. The second-order valence-electron chi connectivity index (χ2n) is 5.72. The molecule has 132 valence electrons. The quantitative estimate of drug-likeness (QED) is 0.649. The number of carbonyl (C=O) groups is 1. The second kappa shape index (κ2) is 8.24. The van der Waals surface area contributed by atoms with E-state index in [1.165, 1.54) is 6.21 Å². The monoisotopic (exact) mass is 361 g/mol. The number of aromatic nitrogens is 2. The Hall–Kier alpha value is -2.22. The number of amides is 1. The summed E-state index contributed by atoms with van der Waals surface area (Å²) in [6.07, 6.45) is 1.53. The molecule has 1 fully saturated rings. The van der Waals surface area contributed by atoms with Gasteiger partial charge in [0.05, 0.1) is 42.9 Å². The van der Waals surface area contributed by atoms with E-state index in [0.29, 0.717) is 30.5 Å². The van der Waals surface area contributed by atoms with Gasteiger partial charge in [0.25, 0.3) is 5.91 Å². The van der Waals surface area contributed by atoms with E-state index in [9.17, 15) is 4.79 Å². The minimum Gasteiger partial charge on any atom is -0.379 e. The standard InChI is InChI=1S/C17H20ClN5O2/c1-13-15(17(18)21-23(13)14-5-3-2-4-6-14)11-19-20-16(24)12-22-7-9-25-10-8-22/h2-6,11H,7-10,12H2,1H3,(H,20,24)/b19-11-. The van der Waals surface area contributed by atoms with Gasteiger partial charge in [-0.05, 0) is 19.1 Å². The van der Waals surface area contributed by atoms with Crippen molar-refractivity contribution in [2.75, 3.05) is 32.8 Å². The predicted molar refractivity (Wildman–Crippen MR) is 96.3 cm³/mol. The zero-order chi connectivity index (χ0) is 17.6. The fraction of sp³-hybridized carbons (Fsp3) is 0.353. The first kappa shape index (κ1) is 17.6. The SMILES string of the molecule is Cc1c(/C=N\NC(=O)CN2CCOCC2)c(Cl)nn1-c1ccccc1. The van der Waals surface area contributed by atoms with Gasteiger partial charge in [-0.1, -0.05) is 29.8 Å². The van der Waals surface area contributed by atoms with Crippen molar-refractivity contribution >= 4 is 23.7 Å². The van der Waals surface area contributed by atoms with Crippen molar-refractivity contribution in [1.82, 2.24) is 20.1 Å². The second-order valence-corrected chi connectivity index (χ2v) is 6.08. The Morgan fingerprint density at radius 3 is 2.80 bits per heavy atom. The van der Waals surface area contributed by atoms with Gasteiger partial charge in [0.1, 0.15) is 0 Å². The maximum Gasteiger partial charge on any atom is 0.254 e. The lowest BCUT2D eigenvalue weighted by Crippen LogP contribution is -2.42. The van der Waals surface area contributed by atoms with E-state index < -0.39 is 0 Å². The third kappa shape index (κ3) is 4.45. The number of rotatable bonds is 5. The summed E-state index contributed by atoms with van der Waals surface area (Å²) < 4.78 is 7.01. The summed E-state index contributed by atoms with van der Waals surface area (Å²) in [5.41, 5.74) is 4.98. The Morgan fingerprint density at radius 2 is 2.08 bits per heavy atom. The van der Waals surface area contributed by atoms with E-state index in [1.807, 2.05) is 42.2 Å². The third-order valence-electron chi connectivity index (χ3n) is 3.97. The third-order valence-corrected chi connectivity index (χ3v) is 4.25. The molecule has 0 spiro atoms. The van der Waals surface area contributed by atoms with Crippen LogP contribution in [0.4, 0.5) is 0 Å². The van der Waals surface area contributed by atoms with Crippen molar-refractivity contribution in [2.24, 2.45) is 5.10 Å². The fourth-order valence-electron chi connectivity index (χ4n) is 2.61. The molecule has 0 atom stereocenters. The number of hydrogen-bond acceptors (Lipinski definition) is 5. The Morgan fingerprint density at radius 1 is 1.36 bits per heavy atom. The van der Waals surface area contributed by atoms with Crippen LogP contribution in [-0.4, -0.2) is 59.7 Å². The number of morpholine rings is 1. The van der Waals surface area contributed by atoms with Crippen molar-refractivity contribution in [3.05, 3.63) is 46.7 Å². The van der Waals surface area contributed by atoms with E-state index in [1.54, 1.807) is 4.68 Å². The summed E-state index contributed by atoms with van der Waals surface area (Å²) in [5.74, 6) is -0.164. The number of nitrogens with one attached hydrogen (secondary N) is 1. The number of ether oxygens (including phenoxy) is 1. The van der Waals surface area contributed by atoms with Gasteiger partial charge in [0.2, 0.25) is 0 Å². The molecule has 7 nitrogen and oxygen atoms in total. The Balaban J connectivity index is 1.63. The van der Waals surface area contributed by atoms with Crippen LogP contribution < -0.4 is 5.43 Å². The molecule has 3 rings (SSSR count). The van der Waals surface area contributed by atoms with Crippen LogP contribution >= 0.6 is 11.6 Å². The Bertz CT molecular complexity index is 754. The fourth-order valence-corrected chi connectivity index (χ4v) is 2.87. The van der Waals surface area contributed by atoms with Crippen LogP contribution in [0.15, 0.2) is 35.4 Å². The largest absolute Gasteiger partial charge is 0.379 e. The Labute approximate surface area is 151 Å². The lowest BCUT2D eigenvalue weighted by Gasteiger charge is -2.25. The molecule has 8 heteroatoms. The average Bonchev–Trinajstić information content (AvgIpc) is 2.91. The molecule has 1 aliphatic rings. The number of hydrazone groups is 1.